The fourth-order valence-corrected chi connectivity index (χ4v) is 5.78. The Bertz CT molecular complexity index is 648. The smallest absolute Gasteiger partial charge is 0.387 e. The Morgan fingerprint density at radius 3 is 2.04 bits per heavy atom. The molecule has 1 atom stereocenters. The van der Waals surface area contributed by atoms with Crippen molar-refractivity contribution in [2.24, 2.45) is 23.2 Å². The van der Waals surface area contributed by atoms with E-state index < -0.39 is 17.8 Å². The third kappa shape index (κ3) is 3.24. The minimum Gasteiger partial charge on any atom is -0.387 e. The predicted octanol–water partition coefficient (Wildman–Crippen LogP) is 4.07. The van der Waals surface area contributed by atoms with Crippen LogP contribution in [0, 0.1) is 23.2 Å². The fraction of sp³-hybridized carbons (Fsp3) is 0.650. The zero-order valence-electron chi connectivity index (χ0n) is 14.6. The van der Waals surface area contributed by atoms with Crippen LogP contribution in [0.5, 0.6) is 0 Å². The van der Waals surface area contributed by atoms with Gasteiger partial charge >= 0.3 is 6.18 Å². The highest BCUT2D eigenvalue weighted by atomic mass is 19.4. The summed E-state index contributed by atoms with van der Waals surface area (Å²) < 4.78 is 37.8. The summed E-state index contributed by atoms with van der Waals surface area (Å²) in [6.45, 7) is 0.0337. The minimum absolute atomic E-state index is 0.0163. The van der Waals surface area contributed by atoms with Crippen LogP contribution >= 0.6 is 0 Å². The second-order valence-electron chi connectivity index (χ2n) is 8.54. The number of carbonyl (C=O) groups excluding carboxylic acids is 1. The maximum absolute atomic E-state index is 12.8. The Balaban J connectivity index is 1.37. The summed E-state index contributed by atoms with van der Waals surface area (Å²) in [7, 11) is 0. The van der Waals surface area contributed by atoms with Gasteiger partial charge in [-0.3, -0.25) is 4.79 Å². The van der Waals surface area contributed by atoms with E-state index in [-0.39, 0.29) is 17.9 Å². The van der Waals surface area contributed by atoms with Crippen LogP contribution in [0.1, 0.15) is 55.8 Å². The number of halogens is 3. The Morgan fingerprint density at radius 2 is 1.58 bits per heavy atom. The first kappa shape index (κ1) is 17.8. The van der Waals surface area contributed by atoms with E-state index in [1.165, 1.54) is 31.4 Å². The average molecular weight is 367 g/mol. The first-order chi connectivity index (χ1) is 12.2. The van der Waals surface area contributed by atoms with E-state index in [9.17, 15) is 23.1 Å². The quantitative estimate of drug-likeness (QED) is 0.843. The molecule has 2 N–H and O–H groups in total. The molecule has 6 heteroatoms. The van der Waals surface area contributed by atoms with Gasteiger partial charge in [0.15, 0.2) is 0 Å². The number of aliphatic hydroxyl groups excluding tert-OH is 1. The largest absolute Gasteiger partial charge is 0.416 e. The molecule has 4 saturated carbocycles. The first-order valence-electron chi connectivity index (χ1n) is 9.39. The molecule has 1 aromatic carbocycles. The molecule has 4 aliphatic carbocycles. The van der Waals surface area contributed by atoms with Gasteiger partial charge < -0.3 is 10.4 Å². The highest BCUT2D eigenvalue weighted by Gasteiger charge is 2.54. The Morgan fingerprint density at radius 1 is 1.08 bits per heavy atom. The fourth-order valence-electron chi connectivity index (χ4n) is 5.78. The number of aliphatic hydroxyl groups is 1. The van der Waals surface area contributed by atoms with E-state index >= 15 is 0 Å². The van der Waals surface area contributed by atoms with Gasteiger partial charge in [0, 0.05) is 12.0 Å². The molecule has 0 saturated heterocycles. The molecule has 0 radical (unpaired) electrons. The number of carbonyl (C=O) groups is 1. The van der Waals surface area contributed by atoms with Gasteiger partial charge in [0.25, 0.3) is 0 Å². The molecule has 4 aliphatic rings. The summed E-state index contributed by atoms with van der Waals surface area (Å²) in [6, 6.07) is 4.45. The zero-order chi connectivity index (χ0) is 18.5. The van der Waals surface area contributed by atoms with Crippen molar-refractivity contribution in [3.05, 3.63) is 35.4 Å². The summed E-state index contributed by atoms with van der Waals surface area (Å²) in [6.07, 6.45) is 1.19. The van der Waals surface area contributed by atoms with Gasteiger partial charge in [-0.05, 0) is 74.0 Å². The molecule has 0 heterocycles. The van der Waals surface area contributed by atoms with Crippen LogP contribution < -0.4 is 5.32 Å². The van der Waals surface area contributed by atoms with Crippen LogP contribution in [0.15, 0.2) is 24.3 Å². The summed E-state index contributed by atoms with van der Waals surface area (Å²) >= 11 is 0. The Kier molecular flexibility index (Phi) is 4.29. The van der Waals surface area contributed by atoms with Crippen LogP contribution in [0.25, 0.3) is 0 Å². The Hall–Kier alpha value is -1.56. The highest BCUT2D eigenvalue weighted by molar-refractivity contribution is 5.83. The van der Waals surface area contributed by atoms with Gasteiger partial charge in [0.2, 0.25) is 5.91 Å². The summed E-state index contributed by atoms with van der Waals surface area (Å²) in [5, 5.41) is 13.1. The van der Waals surface area contributed by atoms with Gasteiger partial charge in [-0.1, -0.05) is 12.1 Å². The van der Waals surface area contributed by atoms with Crippen LogP contribution in [0.4, 0.5) is 13.2 Å². The summed E-state index contributed by atoms with van der Waals surface area (Å²) in [4.78, 5) is 12.8. The maximum atomic E-state index is 12.8. The molecule has 26 heavy (non-hydrogen) atoms. The number of hydrogen-bond donors (Lipinski definition) is 2. The lowest BCUT2D eigenvalue weighted by atomic mass is 9.49. The highest BCUT2D eigenvalue weighted by Crippen LogP contribution is 2.60. The summed E-state index contributed by atoms with van der Waals surface area (Å²) in [5.74, 6) is 1.99. The van der Waals surface area contributed by atoms with Crippen molar-refractivity contribution in [1.29, 1.82) is 0 Å². The average Bonchev–Trinajstić information content (AvgIpc) is 2.57. The molecule has 3 nitrogen and oxygen atoms in total. The van der Waals surface area contributed by atoms with Crippen molar-refractivity contribution in [3.63, 3.8) is 0 Å². The molecule has 0 aromatic heterocycles. The topological polar surface area (TPSA) is 49.3 Å². The van der Waals surface area contributed by atoms with E-state index in [1.807, 2.05) is 0 Å². The van der Waals surface area contributed by atoms with E-state index in [0.29, 0.717) is 23.3 Å². The van der Waals surface area contributed by atoms with E-state index in [0.717, 1.165) is 31.4 Å². The van der Waals surface area contributed by atoms with Crippen LogP contribution in [-0.2, 0) is 11.0 Å². The van der Waals surface area contributed by atoms with Crippen molar-refractivity contribution < 1.29 is 23.1 Å². The number of amides is 1. The molecule has 4 bridgehead atoms. The standard InChI is InChI=1S/C20H24F3NO2/c21-20(22,23)16-3-1-15(2-4-16)17(25)11-24-18(26)19-8-12-5-13(9-19)7-14(6-12)10-19/h1-4,12-14,17,25H,5-11H2,(H,24,26)/t12?,13?,14?,17-,19?/m1/s1. The number of hydrogen-bond acceptors (Lipinski definition) is 2. The van der Waals surface area contributed by atoms with E-state index in [4.69, 9.17) is 0 Å². The van der Waals surface area contributed by atoms with E-state index in [2.05, 4.69) is 5.32 Å². The van der Waals surface area contributed by atoms with Crippen molar-refractivity contribution in [3.8, 4) is 0 Å². The molecule has 1 amide bonds. The van der Waals surface area contributed by atoms with Gasteiger partial charge in [-0.15, -0.1) is 0 Å². The van der Waals surface area contributed by atoms with Gasteiger partial charge in [-0.2, -0.15) is 13.2 Å². The van der Waals surface area contributed by atoms with Crippen LogP contribution in [-0.4, -0.2) is 17.6 Å². The van der Waals surface area contributed by atoms with Crippen molar-refractivity contribution in [2.75, 3.05) is 6.54 Å². The van der Waals surface area contributed by atoms with Crippen molar-refractivity contribution in [1.82, 2.24) is 5.32 Å². The second-order valence-corrected chi connectivity index (χ2v) is 8.54. The molecule has 1 aromatic rings. The normalized spacial score (nSPS) is 33.9. The molecule has 4 fully saturated rings. The number of rotatable bonds is 4. The molecule has 0 spiro atoms. The van der Waals surface area contributed by atoms with Gasteiger partial charge in [-0.25, -0.2) is 0 Å². The van der Waals surface area contributed by atoms with Gasteiger partial charge in [0.1, 0.15) is 0 Å². The Labute approximate surface area is 151 Å². The van der Waals surface area contributed by atoms with Gasteiger partial charge in [0.05, 0.1) is 11.7 Å². The number of benzene rings is 1. The van der Waals surface area contributed by atoms with Crippen molar-refractivity contribution >= 4 is 5.91 Å². The third-order valence-electron chi connectivity index (χ3n) is 6.60. The molecular weight excluding hydrogens is 343 g/mol. The third-order valence-corrected chi connectivity index (χ3v) is 6.60. The van der Waals surface area contributed by atoms with Crippen molar-refractivity contribution in [2.45, 2.75) is 50.8 Å². The SMILES string of the molecule is O=C(NC[C@@H](O)c1ccc(C(F)(F)F)cc1)C12CC3CC(CC(C3)C1)C2. The molecule has 5 rings (SSSR count). The zero-order valence-corrected chi connectivity index (χ0v) is 14.6. The number of alkyl halides is 3. The lowest BCUT2D eigenvalue weighted by Gasteiger charge is -2.55. The number of nitrogens with one attached hydrogen (secondary N) is 1. The molecule has 0 aliphatic heterocycles. The summed E-state index contributed by atoms with van der Waals surface area (Å²) in [5.41, 5.74) is -0.649. The van der Waals surface area contributed by atoms with E-state index in [1.54, 1.807) is 0 Å². The monoisotopic (exact) mass is 367 g/mol. The molecular formula is C20H24F3NO2. The minimum atomic E-state index is -4.39. The lowest BCUT2D eigenvalue weighted by molar-refractivity contribution is -0.146. The predicted molar refractivity (Wildman–Crippen MR) is 90.0 cm³/mol. The maximum Gasteiger partial charge on any atom is 0.416 e. The lowest BCUT2D eigenvalue weighted by Crippen LogP contribution is -2.54. The molecule has 0 unspecified atom stereocenters. The first-order valence-corrected chi connectivity index (χ1v) is 9.39. The van der Waals surface area contributed by atoms with Crippen LogP contribution in [0.3, 0.4) is 0 Å². The second kappa shape index (κ2) is 6.25. The van der Waals surface area contributed by atoms with Crippen LogP contribution in [0.2, 0.25) is 0 Å². The molecule has 142 valence electrons.